The molecule has 2 aromatic heterocycles. The van der Waals surface area contributed by atoms with Crippen molar-refractivity contribution in [3.8, 4) is 17.5 Å². The average Bonchev–Trinajstić information content (AvgIpc) is 2.97. The highest BCUT2D eigenvalue weighted by molar-refractivity contribution is 5.54. The summed E-state index contributed by atoms with van der Waals surface area (Å²) in [5.41, 5.74) is 2.43. The van der Waals surface area contributed by atoms with Gasteiger partial charge in [-0.25, -0.2) is 0 Å². The van der Waals surface area contributed by atoms with Crippen molar-refractivity contribution in [1.82, 2.24) is 15.1 Å². The van der Waals surface area contributed by atoms with E-state index >= 15 is 0 Å². The van der Waals surface area contributed by atoms with Crippen LogP contribution in [-0.2, 0) is 6.42 Å². The lowest BCUT2D eigenvalue weighted by atomic mass is 10.1. The molecule has 0 aliphatic rings. The van der Waals surface area contributed by atoms with Crippen LogP contribution in [0.5, 0.6) is 0 Å². The van der Waals surface area contributed by atoms with Crippen LogP contribution < -0.4 is 0 Å². The van der Waals surface area contributed by atoms with Gasteiger partial charge >= 0.3 is 0 Å². The number of nitrogens with zero attached hydrogens (tertiary/aromatic N) is 4. The summed E-state index contributed by atoms with van der Waals surface area (Å²) >= 11 is 0. The summed E-state index contributed by atoms with van der Waals surface area (Å²) in [7, 11) is 0. The fraction of sp³-hybridized carbons (Fsp3) is 0.0667. The molecule has 3 aromatic rings. The Kier molecular flexibility index (Phi) is 3.21. The third kappa shape index (κ3) is 2.54. The van der Waals surface area contributed by atoms with Crippen molar-refractivity contribution in [2.75, 3.05) is 0 Å². The van der Waals surface area contributed by atoms with Crippen LogP contribution >= 0.6 is 0 Å². The fourth-order valence-electron chi connectivity index (χ4n) is 1.82. The van der Waals surface area contributed by atoms with E-state index in [0.717, 1.165) is 11.1 Å². The molecule has 0 amide bonds. The first kappa shape index (κ1) is 12.1. The standard InChI is InChI=1S/C15H10N4O/c16-9-11-3-5-13(6-4-11)15-18-14(19-20-15)8-12-2-1-7-17-10-12/h1-7,10H,8H2. The maximum Gasteiger partial charge on any atom is 0.257 e. The molecule has 0 spiro atoms. The highest BCUT2D eigenvalue weighted by Gasteiger charge is 2.09. The third-order valence-electron chi connectivity index (χ3n) is 2.81. The van der Waals surface area contributed by atoms with E-state index in [-0.39, 0.29) is 0 Å². The van der Waals surface area contributed by atoms with Gasteiger partial charge in [0.2, 0.25) is 0 Å². The highest BCUT2D eigenvalue weighted by atomic mass is 16.5. The average molecular weight is 262 g/mol. The smallest absolute Gasteiger partial charge is 0.257 e. The SMILES string of the molecule is N#Cc1ccc(-c2nc(Cc3cccnc3)no2)cc1. The summed E-state index contributed by atoms with van der Waals surface area (Å²) < 4.78 is 5.23. The first-order chi connectivity index (χ1) is 9.85. The normalized spacial score (nSPS) is 10.2. The molecule has 0 atom stereocenters. The Hall–Kier alpha value is -3.00. The van der Waals surface area contributed by atoms with Gasteiger partial charge in [0.15, 0.2) is 5.82 Å². The van der Waals surface area contributed by atoms with E-state index in [1.165, 1.54) is 0 Å². The van der Waals surface area contributed by atoms with Crippen LogP contribution in [0.3, 0.4) is 0 Å². The number of benzene rings is 1. The summed E-state index contributed by atoms with van der Waals surface area (Å²) in [6.07, 6.45) is 4.08. The summed E-state index contributed by atoms with van der Waals surface area (Å²) in [5, 5.41) is 12.7. The second kappa shape index (κ2) is 5.33. The molecule has 96 valence electrons. The number of rotatable bonds is 3. The largest absolute Gasteiger partial charge is 0.334 e. The summed E-state index contributed by atoms with van der Waals surface area (Å²) in [4.78, 5) is 8.39. The zero-order valence-corrected chi connectivity index (χ0v) is 10.5. The molecular formula is C15H10N4O. The van der Waals surface area contributed by atoms with Crippen LogP contribution in [0.25, 0.3) is 11.5 Å². The molecule has 3 rings (SSSR count). The van der Waals surface area contributed by atoms with Crippen LogP contribution in [0.15, 0.2) is 53.3 Å². The molecule has 0 aliphatic heterocycles. The molecule has 0 saturated carbocycles. The van der Waals surface area contributed by atoms with Crippen molar-refractivity contribution in [2.45, 2.75) is 6.42 Å². The van der Waals surface area contributed by atoms with Gasteiger partial charge in [-0.1, -0.05) is 11.2 Å². The van der Waals surface area contributed by atoms with Gasteiger partial charge in [-0.3, -0.25) is 4.98 Å². The molecule has 0 fully saturated rings. The van der Waals surface area contributed by atoms with Gasteiger partial charge in [0.1, 0.15) is 0 Å². The van der Waals surface area contributed by atoms with Gasteiger partial charge in [0, 0.05) is 24.4 Å². The number of hydrogen-bond donors (Lipinski definition) is 0. The van der Waals surface area contributed by atoms with Gasteiger partial charge < -0.3 is 4.52 Å². The van der Waals surface area contributed by atoms with Gasteiger partial charge in [-0.05, 0) is 35.9 Å². The Morgan fingerprint density at radius 2 is 2.00 bits per heavy atom. The molecule has 0 aliphatic carbocycles. The summed E-state index contributed by atoms with van der Waals surface area (Å²) in [6.45, 7) is 0. The van der Waals surface area contributed by atoms with Crippen LogP contribution in [-0.4, -0.2) is 15.1 Å². The molecule has 5 nitrogen and oxygen atoms in total. The minimum Gasteiger partial charge on any atom is -0.334 e. The van der Waals surface area contributed by atoms with Crippen molar-refractivity contribution in [3.63, 3.8) is 0 Å². The molecule has 20 heavy (non-hydrogen) atoms. The van der Waals surface area contributed by atoms with Crippen LogP contribution in [0.2, 0.25) is 0 Å². The van der Waals surface area contributed by atoms with Crippen molar-refractivity contribution in [2.24, 2.45) is 0 Å². The Labute approximate surface area is 115 Å². The van der Waals surface area contributed by atoms with Crippen molar-refractivity contribution in [1.29, 1.82) is 5.26 Å². The van der Waals surface area contributed by atoms with E-state index < -0.39 is 0 Å². The zero-order chi connectivity index (χ0) is 13.8. The Bertz CT molecular complexity index is 742. The maximum atomic E-state index is 8.76. The van der Waals surface area contributed by atoms with E-state index in [0.29, 0.717) is 23.7 Å². The molecule has 0 unspecified atom stereocenters. The summed E-state index contributed by atoms with van der Waals surface area (Å²) in [5.74, 6) is 1.06. The minimum absolute atomic E-state index is 0.452. The van der Waals surface area contributed by atoms with E-state index in [4.69, 9.17) is 9.78 Å². The van der Waals surface area contributed by atoms with Crippen LogP contribution in [0, 0.1) is 11.3 Å². The van der Waals surface area contributed by atoms with Gasteiger partial charge in [-0.2, -0.15) is 10.2 Å². The number of nitriles is 1. The second-order valence-electron chi connectivity index (χ2n) is 4.24. The summed E-state index contributed by atoms with van der Waals surface area (Å²) in [6, 6.07) is 12.9. The van der Waals surface area contributed by atoms with E-state index in [2.05, 4.69) is 21.2 Å². The Balaban J connectivity index is 1.81. The van der Waals surface area contributed by atoms with E-state index in [1.54, 1.807) is 36.7 Å². The lowest BCUT2D eigenvalue weighted by Crippen LogP contribution is -1.91. The topological polar surface area (TPSA) is 75.6 Å². The number of hydrogen-bond acceptors (Lipinski definition) is 5. The monoisotopic (exact) mass is 262 g/mol. The molecule has 0 saturated heterocycles. The zero-order valence-electron chi connectivity index (χ0n) is 10.5. The first-order valence-electron chi connectivity index (χ1n) is 6.07. The molecule has 0 N–H and O–H groups in total. The van der Waals surface area contributed by atoms with Gasteiger partial charge in [0.05, 0.1) is 11.6 Å². The minimum atomic E-state index is 0.452. The van der Waals surface area contributed by atoms with Crippen molar-refractivity contribution < 1.29 is 4.52 Å². The third-order valence-corrected chi connectivity index (χ3v) is 2.81. The molecule has 0 bridgehead atoms. The number of pyridine rings is 1. The second-order valence-corrected chi connectivity index (χ2v) is 4.24. The van der Waals surface area contributed by atoms with Crippen molar-refractivity contribution in [3.05, 3.63) is 65.7 Å². The highest BCUT2D eigenvalue weighted by Crippen LogP contribution is 2.18. The predicted molar refractivity (Wildman–Crippen MR) is 71.5 cm³/mol. The van der Waals surface area contributed by atoms with E-state index in [9.17, 15) is 0 Å². The molecular weight excluding hydrogens is 252 g/mol. The first-order valence-corrected chi connectivity index (χ1v) is 6.07. The number of aromatic nitrogens is 3. The predicted octanol–water partition coefficient (Wildman–Crippen LogP) is 2.59. The molecule has 1 aromatic carbocycles. The lowest BCUT2D eigenvalue weighted by molar-refractivity contribution is 0.424. The quantitative estimate of drug-likeness (QED) is 0.725. The Morgan fingerprint density at radius 3 is 2.70 bits per heavy atom. The maximum absolute atomic E-state index is 8.76. The Morgan fingerprint density at radius 1 is 1.15 bits per heavy atom. The van der Waals surface area contributed by atoms with Crippen LogP contribution in [0.4, 0.5) is 0 Å². The van der Waals surface area contributed by atoms with Crippen LogP contribution in [0.1, 0.15) is 17.0 Å². The molecule has 0 radical (unpaired) electrons. The van der Waals surface area contributed by atoms with Crippen molar-refractivity contribution >= 4 is 0 Å². The van der Waals surface area contributed by atoms with Gasteiger partial charge in [0.25, 0.3) is 5.89 Å². The molecule has 5 heteroatoms. The van der Waals surface area contributed by atoms with Gasteiger partial charge in [-0.15, -0.1) is 0 Å². The van der Waals surface area contributed by atoms with E-state index in [1.807, 2.05) is 12.1 Å². The fourth-order valence-corrected chi connectivity index (χ4v) is 1.82. The molecule has 2 heterocycles. The lowest BCUT2D eigenvalue weighted by Gasteiger charge is -1.94.